The van der Waals surface area contributed by atoms with E-state index in [-0.39, 0.29) is 11.8 Å². The summed E-state index contributed by atoms with van der Waals surface area (Å²) in [5.74, 6) is 0.888. The summed E-state index contributed by atoms with van der Waals surface area (Å²) < 4.78 is 0. The van der Waals surface area contributed by atoms with Crippen LogP contribution in [-0.2, 0) is 11.2 Å². The summed E-state index contributed by atoms with van der Waals surface area (Å²) in [4.78, 5) is 11.7. The van der Waals surface area contributed by atoms with Crippen molar-refractivity contribution in [3.05, 3.63) is 5.01 Å². The van der Waals surface area contributed by atoms with Crippen LogP contribution in [0.3, 0.4) is 0 Å². The molecule has 1 saturated carbocycles. The first kappa shape index (κ1) is 11.5. The minimum atomic E-state index is 0.110. The van der Waals surface area contributed by atoms with Crippen molar-refractivity contribution < 1.29 is 4.79 Å². The Bertz CT molecular complexity index is 371. The topological polar surface area (TPSA) is 54.9 Å². The van der Waals surface area contributed by atoms with Crippen LogP contribution in [0.2, 0.25) is 0 Å². The van der Waals surface area contributed by atoms with Gasteiger partial charge in [0.05, 0.1) is 0 Å². The van der Waals surface area contributed by atoms with Crippen molar-refractivity contribution in [3.63, 3.8) is 0 Å². The maximum atomic E-state index is 11.7. The van der Waals surface area contributed by atoms with Crippen LogP contribution in [0.1, 0.15) is 38.1 Å². The lowest BCUT2D eigenvalue weighted by Crippen LogP contribution is -2.27. The van der Waals surface area contributed by atoms with Crippen molar-refractivity contribution in [1.29, 1.82) is 0 Å². The van der Waals surface area contributed by atoms with Crippen molar-refractivity contribution in [2.24, 2.45) is 11.8 Å². The molecule has 1 aromatic rings. The van der Waals surface area contributed by atoms with E-state index in [9.17, 15) is 4.79 Å². The molecule has 1 aromatic heterocycles. The highest BCUT2D eigenvalue weighted by atomic mass is 32.1. The van der Waals surface area contributed by atoms with E-state index in [1.54, 1.807) is 0 Å². The molecule has 4 nitrogen and oxygen atoms in total. The Morgan fingerprint density at radius 3 is 2.81 bits per heavy atom. The first-order chi connectivity index (χ1) is 7.65. The van der Waals surface area contributed by atoms with Gasteiger partial charge < -0.3 is 5.32 Å². The third kappa shape index (κ3) is 2.78. The molecule has 0 aromatic carbocycles. The molecule has 1 heterocycles. The van der Waals surface area contributed by atoms with Gasteiger partial charge in [0.2, 0.25) is 11.0 Å². The van der Waals surface area contributed by atoms with Crippen molar-refractivity contribution in [1.82, 2.24) is 10.2 Å². The Balaban J connectivity index is 1.89. The van der Waals surface area contributed by atoms with E-state index < -0.39 is 0 Å². The Morgan fingerprint density at radius 1 is 1.50 bits per heavy atom. The predicted molar refractivity (Wildman–Crippen MR) is 64.4 cm³/mol. The highest BCUT2D eigenvalue weighted by Gasteiger charge is 2.25. The molecule has 0 radical (unpaired) electrons. The minimum Gasteiger partial charge on any atom is -0.300 e. The molecule has 1 amide bonds. The van der Waals surface area contributed by atoms with Crippen LogP contribution in [0.25, 0.3) is 0 Å². The van der Waals surface area contributed by atoms with Gasteiger partial charge in [-0.05, 0) is 18.8 Å². The first-order valence-corrected chi connectivity index (χ1v) is 6.60. The molecule has 1 aliphatic rings. The summed E-state index contributed by atoms with van der Waals surface area (Å²) in [6.45, 7) is 4.29. The van der Waals surface area contributed by atoms with Crippen molar-refractivity contribution in [2.75, 3.05) is 5.32 Å². The largest absolute Gasteiger partial charge is 0.300 e. The number of aromatic nitrogens is 2. The molecule has 2 rings (SSSR count). The van der Waals surface area contributed by atoms with Gasteiger partial charge in [0.1, 0.15) is 5.01 Å². The predicted octanol–water partition coefficient (Wildman–Crippen LogP) is 2.48. The molecule has 0 aliphatic heterocycles. The van der Waals surface area contributed by atoms with Gasteiger partial charge in [-0.15, -0.1) is 10.2 Å². The van der Waals surface area contributed by atoms with E-state index >= 15 is 0 Å². The Morgan fingerprint density at radius 2 is 2.25 bits per heavy atom. The molecule has 16 heavy (non-hydrogen) atoms. The number of carbonyl (C=O) groups excluding carboxylic acids is 1. The fraction of sp³-hybridized carbons (Fsp3) is 0.727. The van der Waals surface area contributed by atoms with Crippen molar-refractivity contribution >= 4 is 22.4 Å². The molecule has 5 heteroatoms. The number of nitrogens with one attached hydrogen (secondary N) is 1. The summed E-state index contributed by atoms with van der Waals surface area (Å²) in [5.41, 5.74) is 0. The number of hydrogen-bond acceptors (Lipinski definition) is 4. The number of amides is 1. The fourth-order valence-corrected chi connectivity index (χ4v) is 2.57. The first-order valence-electron chi connectivity index (χ1n) is 5.78. The molecule has 1 N–H and O–H groups in total. The van der Waals surface area contributed by atoms with Crippen molar-refractivity contribution in [2.45, 2.75) is 39.5 Å². The molecule has 0 unspecified atom stereocenters. The molecule has 0 bridgehead atoms. The second kappa shape index (κ2) is 4.91. The van der Waals surface area contributed by atoms with E-state index in [4.69, 9.17) is 0 Å². The van der Waals surface area contributed by atoms with Crippen LogP contribution < -0.4 is 5.32 Å². The molecular formula is C11H17N3OS. The van der Waals surface area contributed by atoms with Crippen LogP contribution in [0.15, 0.2) is 0 Å². The van der Waals surface area contributed by atoms with Gasteiger partial charge in [-0.1, -0.05) is 31.6 Å². The van der Waals surface area contributed by atoms with Gasteiger partial charge in [0.15, 0.2) is 0 Å². The molecule has 0 saturated heterocycles. The number of rotatable bonds is 4. The Kier molecular flexibility index (Phi) is 3.53. The minimum absolute atomic E-state index is 0.110. The van der Waals surface area contributed by atoms with Crippen LogP contribution in [-0.4, -0.2) is 16.1 Å². The maximum absolute atomic E-state index is 11.7. The van der Waals surface area contributed by atoms with E-state index in [0.29, 0.717) is 11.0 Å². The molecule has 88 valence electrons. The molecule has 0 spiro atoms. The average molecular weight is 239 g/mol. The van der Waals surface area contributed by atoms with E-state index in [0.717, 1.165) is 24.3 Å². The van der Waals surface area contributed by atoms with Crippen LogP contribution in [0, 0.1) is 11.8 Å². The summed E-state index contributed by atoms with van der Waals surface area (Å²) in [6, 6.07) is 0. The zero-order chi connectivity index (χ0) is 11.5. The maximum Gasteiger partial charge on any atom is 0.229 e. The lowest BCUT2D eigenvalue weighted by atomic mass is 9.85. The monoisotopic (exact) mass is 239 g/mol. The normalized spacial score (nSPS) is 16.2. The van der Waals surface area contributed by atoms with Crippen LogP contribution in [0.5, 0.6) is 0 Å². The molecule has 1 aliphatic carbocycles. The van der Waals surface area contributed by atoms with E-state index in [2.05, 4.69) is 29.4 Å². The number of anilines is 1. The number of carbonyl (C=O) groups is 1. The standard InChI is InChI=1S/C11H17N3OS/c1-7(2)6-9-13-14-11(16-9)12-10(15)8-4-3-5-8/h7-8H,3-6H2,1-2H3,(H,12,14,15). The van der Waals surface area contributed by atoms with Crippen LogP contribution in [0.4, 0.5) is 5.13 Å². The number of hydrogen-bond donors (Lipinski definition) is 1. The SMILES string of the molecule is CC(C)Cc1nnc(NC(=O)C2CCC2)s1. The van der Waals surface area contributed by atoms with Gasteiger partial charge in [-0.2, -0.15) is 0 Å². The highest BCUT2D eigenvalue weighted by molar-refractivity contribution is 7.15. The quantitative estimate of drug-likeness (QED) is 0.878. The lowest BCUT2D eigenvalue weighted by Gasteiger charge is -2.23. The van der Waals surface area contributed by atoms with Crippen LogP contribution >= 0.6 is 11.3 Å². The highest BCUT2D eigenvalue weighted by Crippen LogP contribution is 2.28. The second-order valence-corrected chi connectivity index (χ2v) is 5.78. The summed E-state index contributed by atoms with van der Waals surface area (Å²) >= 11 is 1.49. The van der Waals surface area contributed by atoms with Gasteiger partial charge in [0.25, 0.3) is 0 Å². The van der Waals surface area contributed by atoms with E-state index in [1.165, 1.54) is 17.8 Å². The second-order valence-electron chi connectivity index (χ2n) is 4.72. The summed E-state index contributed by atoms with van der Waals surface area (Å²) in [5, 5.41) is 12.5. The Labute approximate surface area is 99.5 Å². The van der Waals surface area contributed by atoms with E-state index in [1.807, 2.05) is 0 Å². The molecular weight excluding hydrogens is 222 g/mol. The third-order valence-corrected chi connectivity index (χ3v) is 3.62. The van der Waals surface area contributed by atoms with Gasteiger partial charge in [0, 0.05) is 12.3 Å². The van der Waals surface area contributed by atoms with Gasteiger partial charge >= 0.3 is 0 Å². The third-order valence-electron chi connectivity index (χ3n) is 2.76. The lowest BCUT2D eigenvalue weighted by molar-refractivity contribution is -0.122. The zero-order valence-corrected chi connectivity index (χ0v) is 10.5. The Hall–Kier alpha value is -0.970. The molecule has 0 atom stereocenters. The molecule has 1 fully saturated rings. The average Bonchev–Trinajstić information content (AvgIpc) is 2.47. The van der Waals surface area contributed by atoms with Gasteiger partial charge in [-0.3, -0.25) is 4.79 Å². The summed E-state index contributed by atoms with van der Waals surface area (Å²) in [6.07, 6.45) is 4.14. The van der Waals surface area contributed by atoms with Gasteiger partial charge in [-0.25, -0.2) is 0 Å². The zero-order valence-electron chi connectivity index (χ0n) is 9.69. The smallest absolute Gasteiger partial charge is 0.229 e. The fourth-order valence-electron chi connectivity index (χ4n) is 1.61. The summed E-state index contributed by atoms with van der Waals surface area (Å²) in [7, 11) is 0. The van der Waals surface area contributed by atoms with Crippen molar-refractivity contribution in [3.8, 4) is 0 Å². The number of nitrogens with zero attached hydrogens (tertiary/aromatic N) is 2.